The zero-order valence-electron chi connectivity index (χ0n) is 15.9. The molecule has 2 aliphatic rings. The highest BCUT2D eigenvalue weighted by atomic mass is 19.1. The van der Waals surface area contributed by atoms with Crippen LogP contribution in [0.4, 0.5) is 4.39 Å². The summed E-state index contributed by atoms with van der Waals surface area (Å²) in [5.41, 5.74) is 14.5. The molecule has 1 unspecified atom stereocenters. The molecule has 1 fully saturated rings. The van der Waals surface area contributed by atoms with Gasteiger partial charge in [0.2, 0.25) is 0 Å². The topological polar surface area (TPSA) is 97.8 Å². The van der Waals surface area contributed by atoms with E-state index in [4.69, 9.17) is 16.5 Å². The van der Waals surface area contributed by atoms with Crippen LogP contribution < -0.4 is 11.5 Å². The minimum atomic E-state index is -0.351. The Bertz CT molecular complexity index is 1130. The largest absolute Gasteiger partial charge is 0.384 e. The average Bonchev–Trinajstić information content (AvgIpc) is 3.03. The molecule has 3 aromatic rings. The number of halogens is 1. The lowest BCUT2D eigenvalue weighted by atomic mass is 9.90. The maximum atomic E-state index is 14.2. The van der Waals surface area contributed by atoms with E-state index < -0.39 is 0 Å². The first-order valence-electron chi connectivity index (χ1n) is 9.78. The predicted octanol–water partition coefficient (Wildman–Crippen LogP) is 2.16. The first-order valence-corrected chi connectivity index (χ1v) is 9.78. The molecule has 0 amide bonds. The second-order valence-electron chi connectivity index (χ2n) is 7.48. The summed E-state index contributed by atoms with van der Waals surface area (Å²) >= 11 is 0. The maximum absolute atomic E-state index is 14.2. The van der Waals surface area contributed by atoms with Gasteiger partial charge in [0, 0.05) is 18.7 Å². The molecule has 1 saturated carbocycles. The fourth-order valence-electron chi connectivity index (χ4n) is 3.95. The number of nitrogens with two attached hydrogens (primary N) is 2. The molecule has 2 aromatic heterocycles. The molecule has 1 atom stereocenters. The van der Waals surface area contributed by atoms with E-state index >= 15 is 0 Å². The Kier molecular flexibility index (Phi) is 4.28. The summed E-state index contributed by atoms with van der Waals surface area (Å²) in [6.07, 6.45) is 6.72. The molecule has 5 rings (SSSR count). The third kappa shape index (κ3) is 3.05. The highest BCUT2D eigenvalue weighted by Crippen LogP contribution is 2.30. The van der Waals surface area contributed by atoms with E-state index in [1.54, 1.807) is 28.9 Å². The molecule has 1 aromatic carbocycles. The van der Waals surface area contributed by atoms with Crippen LogP contribution in [0.3, 0.4) is 0 Å². The molecule has 0 spiro atoms. The number of benzene rings is 1. The van der Waals surface area contributed by atoms with Crippen molar-refractivity contribution in [1.82, 2.24) is 19.5 Å². The van der Waals surface area contributed by atoms with Gasteiger partial charge in [-0.1, -0.05) is 18.2 Å². The summed E-state index contributed by atoms with van der Waals surface area (Å²) in [5.74, 6) is 1.41. The normalized spacial score (nSPS) is 19.8. The van der Waals surface area contributed by atoms with Crippen molar-refractivity contribution >= 4 is 11.4 Å². The van der Waals surface area contributed by atoms with E-state index in [1.807, 2.05) is 18.2 Å². The Labute approximate surface area is 167 Å². The third-order valence-corrected chi connectivity index (χ3v) is 5.61. The van der Waals surface area contributed by atoms with E-state index in [0.29, 0.717) is 41.2 Å². The molecule has 3 heterocycles. The van der Waals surface area contributed by atoms with Crippen molar-refractivity contribution in [2.75, 3.05) is 0 Å². The predicted molar refractivity (Wildman–Crippen MR) is 108 cm³/mol. The fourth-order valence-corrected chi connectivity index (χ4v) is 3.95. The summed E-state index contributed by atoms with van der Waals surface area (Å²) in [5, 5.41) is 4.45. The first kappa shape index (κ1) is 17.8. The van der Waals surface area contributed by atoms with Crippen LogP contribution in [-0.4, -0.2) is 37.5 Å². The highest BCUT2D eigenvalue weighted by Gasteiger charge is 2.35. The van der Waals surface area contributed by atoms with Crippen molar-refractivity contribution in [1.29, 1.82) is 0 Å². The van der Waals surface area contributed by atoms with Gasteiger partial charge in [-0.05, 0) is 49.1 Å². The number of hydrogen-bond acceptors (Lipinski definition) is 6. The molecular formula is C21H22FN7. The molecule has 0 radical (unpaired) electrons. The minimum absolute atomic E-state index is 0.262. The first-order chi connectivity index (χ1) is 14.1. The lowest BCUT2D eigenvalue weighted by Gasteiger charge is -2.43. The SMILES string of the molecule is NC1=CC(N)N(C2CCC2)C(c2nc(Cc3ccccc3F)n3ncccc23)=N1. The van der Waals surface area contributed by atoms with Crippen LogP contribution in [-0.2, 0) is 6.42 Å². The molecule has 8 heteroatoms. The molecule has 148 valence electrons. The van der Waals surface area contributed by atoms with Crippen molar-refractivity contribution in [3.63, 3.8) is 0 Å². The van der Waals surface area contributed by atoms with Crippen molar-refractivity contribution in [3.8, 4) is 0 Å². The Hall–Kier alpha value is -3.26. The standard InChI is InChI=1S/C21H22FN7/c22-15-8-2-1-5-13(15)11-19-27-20(16-9-4-10-25-29(16)19)21-26-17(23)12-18(24)28(21)14-6-3-7-14/h1-2,4-5,8-10,12,14,18H,3,6-7,11,23-24H2. The van der Waals surface area contributed by atoms with E-state index in [-0.39, 0.29) is 12.0 Å². The number of rotatable bonds is 4. The molecule has 4 N–H and O–H groups in total. The quantitative estimate of drug-likeness (QED) is 0.710. The smallest absolute Gasteiger partial charge is 0.161 e. The van der Waals surface area contributed by atoms with E-state index in [9.17, 15) is 4.39 Å². The summed E-state index contributed by atoms with van der Waals surface area (Å²) in [6.45, 7) is 0. The Morgan fingerprint density at radius 3 is 2.72 bits per heavy atom. The van der Waals surface area contributed by atoms with Gasteiger partial charge in [0.15, 0.2) is 5.84 Å². The van der Waals surface area contributed by atoms with Crippen LogP contribution in [0, 0.1) is 5.82 Å². The van der Waals surface area contributed by atoms with Gasteiger partial charge in [0.05, 0.1) is 5.52 Å². The molecule has 7 nitrogen and oxygen atoms in total. The van der Waals surface area contributed by atoms with Crippen molar-refractivity contribution < 1.29 is 4.39 Å². The molecule has 1 aliphatic heterocycles. The fraction of sp³-hybridized carbons (Fsp3) is 0.286. The lowest BCUT2D eigenvalue weighted by Crippen LogP contribution is -2.55. The number of aliphatic imine (C=N–C) groups is 1. The van der Waals surface area contributed by atoms with E-state index in [2.05, 4.69) is 15.0 Å². The Balaban J connectivity index is 1.63. The van der Waals surface area contributed by atoms with Crippen molar-refractivity contribution in [2.24, 2.45) is 16.5 Å². The monoisotopic (exact) mass is 391 g/mol. The van der Waals surface area contributed by atoms with Gasteiger partial charge in [-0.25, -0.2) is 18.9 Å². The number of imidazole rings is 1. The summed E-state index contributed by atoms with van der Waals surface area (Å²) in [4.78, 5) is 11.5. The number of fused-ring (bicyclic) bond motifs is 1. The molecule has 0 bridgehead atoms. The van der Waals surface area contributed by atoms with Gasteiger partial charge in [0.1, 0.15) is 29.3 Å². The van der Waals surface area contributed by atoms with Gasteiger partial charge in [-0.2, -0.15) is 5.10 Å². The van der Waals surface area contributed by atoms with E-state index in [0.717, 1.165) is 18.4 Å². The zero-order chi connectivity index (χ0) is 20.0. The van der Waals surface area contributed by atoms with Crippen LogP contribution >= 0.6 is 0 Å². The molecular weight excluding hydrogens is 369 g/mol. The number of nitrogens with zero attached hydrogens (tertiary/aromatic N) is 5. The lowest BCUT2D eigenvalue weighted by molar-refractivity contribution is 0.180. The Morgan fingerprint density at radius 1 is 1.14 bits per heavy atom. The van der Waals surface area contributed by atoms with Gasteiger partial charge < -0.3 is 16.4 Å². The van der Waals surface area contributed by atoms with Crippen molar-refractivity contribution in [2.45, 2.75) is 37.9 Å². The van der Waals surface area contributed by atoms with Crippen LogP contribution in [0.25, 0.3) is 5.52 Å². The number of amidine groups is 1. The summed E-state index contributed by atoms with van der Waals surface area (Å²) in [7, 11) is 0. The van der Waals surface area contributed by atoms with Crippen LogP contribution in [0.2, 0.25) is 0 Å². The Morgan fingerprint density at radius 2 is 1.97 bits per heavy atom. The second-order valence-corrected chi connectivity index (χ2v) is 7.48. The summed E-state index contributed by atoms with van der Waals surface area (Å²) in [6, 6.07) is 10.8. The molecule has 1 aliphatic carbocycles. The second kappa shape index (κ2) is 6.97. The van der Waals surface area contributed by atoms with E-state index in [1.165, 1.54) is 12.5 Å². The van der Waals surface area contributed by atoms with Gasteiger partial charge in [-0.3, -0.25) is 0 Å². The van der Waals surface area contributed by atoms with Crippen LogP contribution in [0.1, 0.15) is 36.3 Å². The minimum Gasteiger partial charge on any atom is -0.384 e. The molecule has 0 saturated heterocycles. The molecule has 29 heavy (non-hydrogen) atoms. The maximum Gasteiger partial charge on any atom is 0.161 e. The number of aromatic nitrogens is 3. The van der Waals surface area contributed by atoms with Gasteiger partial charge >= 0.3 is 0 Å². The zero-order valence-corrected chi connectivity index (χ0v) is 15.9. The van der Waals surface area contributed by atoms with Crippen LogP contribution in [0.5, 0.6) is 0 Å². The third-order valence-electron chi connectivity index (χ3n) is 5.61. The average molecular weight is 391 g/mol. The summed E-state index contributed by atoms with van der Waals surface area (Å²) < 4.78 is 16.0. The highest BCUT2D eigenvalue weighted by molar-refractivity contribution is 6.04. The van der Waals surface area contributed by atoms with Crippen LogP contribution in [0.15, 0.2) is 59.5 Å². The number of hydrogen-bond donors (Lipinski definition) is 2. The van der Waals surface area contributed by atoms with Gasteiger partial charge in [-0.15, -0.1) is 0 Å². The van der Waals surface area contributed by atoms with Gasteiger partial charge in [0.25, 0.3) is 0 Å². The van der Waals surface area contributed by atoms with Crippen molar-refractivity contribution in [3.05, 3.63) is 77.4 Å².